The Morgan fingerprint density at radius 2 is 1.02 bits per heavy atom. The molecule has 2 N–H and O–H groups in total. The van der Waals surface area contributed by atoms with Crippen molar-refractivity contribution in [1.82, 2.24) is 9.13 Å². The molecule has 0 atom stereocenters. The predicted molar refractivity (Wildman–Crippen MR) is 170 cm³/mol. The number of para-hydroxylation sites is 3. The molecule has 0 bridgehead atoms. The third kappa shape index (κ3) is 3.53. The number of nitrogen functional groups attached to an aromatic ring is 1. The van der Waals surface area contributed by atoms with Crippen LogP contribution in [-0.4, -0.2) is 9.13 Å². The lowest BCUT2D eigenvalue weighted by atomic mass is 10.0. The monoisotopic (exact) mass is 524 g/mol. The number of hydrogen-bond acceptors (Lipinski definition) is 2. The second-order valence-corrected chi connectivity index (χ2v) is 10.4. The molecule has 192 valence electrons. The molecule has 0 radical (unpaired) electrons. The summed E-state index contributed by atoms with van der Waals surface area (Å²) in [5.74, 6) is 0. The fraction of sp³-hybridized carbons (Fsp3) is 0. The van der Waals surface area contributed by atoms with Crippen LogP contribution in [0, 0.1) is 11.3 Å². The molecular formula is C37H24N4. The van der Waals surface area contributed by atoms with Gasteiger partial charge in [-0.2, -0.15) is 5.26 Å². The van der Waals surface area contributed by atoms with E-state index in [1.165, 1.54) is 21.8 Å². The number of nitriles is 1. The Labute approximate surface area is 236 Å². The van der Waals surface area contributed by atoms with Crippen LogP contribution < -0.4 is 5.73 Å². The van der Waals surface area contributed by atoms with Crippen molar-refractivity contribution in [3.05, 3.63) is 139 Å². The fourth-order valence-electron chi connectivity index (χ4n) is 6.27. The van der Waals surface area contributed by atoms with Crippen molar-refractivity contribution < 1.29 is 0 Å². The zero-order chi connectivity index (χ0) is 27.5. The number of benzene rings is 6. The second-order valence-electron chi connectivity index (χ2n) is 10.4. The molecule has 2 aromatic heterocycles. The van der Waals surface area contributed by atoms with Gasteiger partial charge in [-0.05, 0) is 77.9 Å². The normalized spacial score (nSPS) is 11.5. The van der Waals surface area contributed by atoms with E-state index in [9.17, 15) is 5.26 Å². The van der Waals surface area contributed by atoms with Crippen LogP contribution in [0.25, 0.3) is 66.1 Å². The molecule has 0 aliphatic heterocycles. The summed E-state index contributed by atoms with van der Waals surface area (Å²) in [6.07, 6.45) is 0. The maximum Gasteiger partial charge on any atom is 0.0992 e. The first-order chi connectivity index (χ1) is 20.2. The third-order valence-electron chi connectivity index (χ3n) is 8.02. The summed E-state index contributed by atoms with van der Waals surface area (Å²) in [6.45, 7) is 0. The van der Waals surface area contributed by atoms with E-state index >= 15 is 0 Å². The number of nitrogens with zero attached hydrogens (tertiary/aromatic N) is 3. The van der Waals surface area contributed by atoms with Crippen LogP contribution in [0.4, 0.5) is 5.69 Å². The van der Waals surface area contributed by atoms with Crippen LogP contribution >= 0.6 is 0 Å². The van der Waals surface area contributed by atoms with E-state index < -0.39 is 0 Å². The van der Waals surface area contributed by atoms with Crippen LogP contribution in [0.2, 0.25) is 0 Å². The van der Waals surface area contributed by atoms with Gasteiger partial charge in [0.25, 0.3) is 0 Å². The molecule has 8 aromatic rings. The van der Waals surface area contributed by atoms with Crippen LogP contribution in [0.5, 0.6) is 0 Å². The first kappa shape index (κ1) is 23.1. The summed E-state index contributed by atoms with van der Waals surface area (Å²) in [4.78, 5) is 0. The maximum absolute atomic E-state index is 10.1. The van der Waals surface area contributed by atoms with E-state index in [-0.39, 0.29) is 0 Å². The molecule has 0 unspecified atom stereocenters. The van der Waals surface area contributed by atoms with Gasteiger partial charge in [0.15, 0.2) is 0 Å². The third-order valence-corrected chi connectivity index (χ3v) is 8.02. The van der Waals surface area contributed by atoms with Crippen LogP contribution in [0.1, 0.15) is 5.56 Å². The van der Waals surface area contributed by atoms with Crippen molar-refractivity contribution in [3.63, 3.8) is 0 Å². The molecule has 0 aliphatic rings. The van der Waals surface area contributed by atoms with Crippen LogP contribution in [-0.2, 0) is 0 Å². The highest BCUT2D eigenvalue weighted by Crippen LogP contribution is 2.36. The summed E-state index contributed by atoms with van der Waals surface area (Å²) in [5, 5.41) is 14.7. The molecular weight excluding hydrogens is 500 g/mol. The largest absolute Gasteiger partial charge is 0.399 e. The summed E-state index contributed by atoms with van der Waals surface area (Å²) in [7, 11) is 0. The number of anilines is 1. The molecule has 4 heteroatoms. The molecule has 0 amide bonds. The van der Waals surface area contributed by atoms with E-state index in [0.29, 0.717) is 5.56 Å². The van der Waals surface area contributed by atoms with Crippen molar-refractivity contribution in [3.8, 4) is 28.6 Å². The zero-order valence-electron chi connectivity index (χ0n) is 22.1. The molecule has 0 saturated carbocycles. The molecule has 0 saturated heterocycles. The van der Waals surface area contributed by atoms with Crippen molar-refractivity contribution in [1.29, 1.82) is 5.26 Å². The molecule has 41 heavy (non-hydrogen) atoms. The molecule has 8 rings (SSSR count). The Kier molecular flexibility index (Phi) is 5.01. The van der Waals surface area contributed by atoms with Gasteiger partial charge in [-0.1, -0.05) is 66.7 Å². The van der Waals surface area contributed by atoms with Gasteiger partial charge in [0, 0.05) is 38.6 Å². The first-order valence-corrected chi connectivity index (χ1v) is 13.6. The number of hydrogen-bond donors (Lipinski definition) is 1. The van der Waals surface area contributed by atoms with Gasteiger partial charge in [0.05, 0.1) is 33.7 Å². The van der Waals surface area contributed by atoms with Crippen LogP contribution in [0.3, 0.4) is 0 Å². The summed E-state index contributed by atoms with van der Waals surface area (Å²) < 4.78 is 4.55. The number of fused-ring (bicyclic) bond motifs is 6. The standard InChI is InChI=1S/C37H24N4/c38-23-24-18-26(21-29(19-24)41-36-15-6-3-12-32(36)33-22-27(39)16-17-37(33)41)25-8-7-9-28(20-25)40-34-13-4-1-10-30(34)31-11-2-5-14-35(31)40/h1-22H,39H2. The molecule has 0 aliphatic carbocycles. The molecule has 6 aromatic carbocycles. The molecule has 2 heterocycles. The summed E-state index contributed by atoms with van der Waals surface area (Å²) in [6, 6.07) is 48.5. The highest BCUT2D eigenvalue weighted by atomic mass is 15.0. The predicted octanol–water partition coefficient (Wildman–Crippen LogP) is 9.00. The van der Waals surface area contributed by atoms with Crippen molar-refractivity contribution in [2.24, 2.45) is 0 Å². The van der Waals surface area contributed by atoms with Gasteiger partial charge in [0.1, 0.15) is 0 Å². The van der Waals surface area contributed by atoms with E-state index in [2.05, 4.69) is 112 Å². The average Bonchev–Trinajstić information content (AvgIpc) is 3.53. The van der Waals surface area contributed by atoms with E-state index in [1.807, 2.05) is 36.4 Å². The summed E-state index contributed by atoms with van der Waals surface area (Å²) in [5.41, 5.74) is 16.0. The Morgan fingerprint density at radius 1 is 0.463 bits per heavy atom. The van der Waals surface area contributed by atoms with Gasteiger partial charge in [0.2, 0.25) is 0 Å². The smallest absolute Gasteiger partial charge is 0.0992 e. The minimum atomic E-state index is 0.612. The van der Waals surface area contributed by atoms with Crippen molar-refractivity contribution in [2.45, 2.75) is 0 Å². The van der Waals surface area contributed by atoms with E-state index in [0.717, 1.165) is 50.0 Å². The molecule has 0 spiro atoms. The van der Waals surface area contributed by atoms with Crippen LogP contribution in [0.15, 0.2) is 133 Å². The fourth-order valence-corrected chi connectivity index (χ4v) is 6.27. The number of rotatable bonds is 3. The topological polar surface area (TPSA) is 59.7 Å². The van der Waals surface area contributed by atoms with E-state index in [1.54, 1.807) is 0 Å². The Morgan fingerprint density at radius 3 is 1.68 bits per heavy atom. The van der Waals surface area contributed by atoms with Gasteiger partial charge >= 0.3 is 0 Å². The molecule has 4 nitrogen and oxygen atoms in total. The average molecular weight is 525 g/mol. The molecule has 0 fully saturated rings. The van der Waals surface area contributed by atoms with Crippen molar-refractivity contribution >= 4 is 49.3 Å². The number of aromatic nitrogens is 2. The quantitative estimate of drug-likeness (QED) is 0.234. The maximum atomic E-state index is 10.1. The lowest BCUT2D eigenvalue weighted by molar-refractivity contribution is 1.17. The van der Waals surface area contributed by atoms with Gasteiger partial charge < -0.3 is 14.9 Å². The lowest BCUT2D eigenvalue weighted by Gasteiger charge is -2.13. The van der Waals surface area contributed by atoms with Gasteiger partial charge in [-0.25, -0.2) is 0 Å². The highest BCUT2D eigenvalue weighted by Gasteiger charge is 2.15. The number of nitrogens with two attached hydrogens (primary N) is 1. The Hall–Kier alpha value is -5.79. The minimum absolute atomic E-state index is 0.612. The second kappa shape index (κ2) is 8.87. The SMILES string of the molecule is N#Cc1cc(-c2cccc(-n3c4ccccc4c4ccccc43)c2)cc(-n2c3ccccc3c3cc(N)ccc32)c1. The minimum Gasteiger partial charge on any atom is -0.399 e. The highest BCUT2D eigenvalue weighted by molar-refractivity contribution is 6.11. The first-order valence-electron chi connectivity index (χ1n) is 13.6. The summed E-state index contributed by atoms with van der Waals surface area (Å²) >= 11 is 0. The van der Waals surface area contributed by atoms with Gasteiger partial charge in [-0.3, -0.25) is 0 Å². The lowest BCUT2D eigenvalue weighted by Crippen LogP contribution is -1.97. The Bertz CT molecular complexity index is 2290. The van der Waals surface area contributed by atoms with E-state index in [4.69, 9.17) is 5.73 Å². The zero-order valence-corrected chi connectivity index (χ0v) is 22.1. The Balaban J connectivity index is 1.35. The van der Waals surface area contributed by atoms with Gasteiger partial charge in [-0.15, -0.1) is 0 Å². The van der Waals surface area contributed by atoms with Crippen molar-refractivity contribution in [2.75, 3.05) is 5.73 Å².